The third-order valence-corrected chi connectivity index (χ3v) is 4.40. The van der Waals surface area contributed by atoms with E-state index in [9.17, 15) is 0 Å². The second-order valence-electron chi connectivity index (χ2n) is 3.97. The number of aromatic nitrogens is 2. The Balaban J connectivity index is 1.92. The summed E-state index contributed by atoms with van der Waals surface area (Å²) in [6.07, 6.45) is 4.26. The van der Waals surface area contributed by atoms with Crippen molar-refractivity contribution >= 4 is 39.5 Å². The quantitative estimate of drug-likeness (QED) is 0.583. The molecule has 7 heteroatoms. The van der Waals surface area contributed by atoms with Gasteiger partial charge in [-0.25, -0.2) is 10.8 Å². The van der Waals surface area contributed by atoms with Gasteiger partial charge in [0.1, 0.15) is 5.82 Å². The van der Waals surface area contributed by atoms with Crippen LogP contribution < -0.4 is 16.6 Å². The van der Waals surface area contributed by atoms with E-state index in [2.05, 4.69) is 36.6 Å². The topological polar surface area (TPSA) is 75.9 Å². The molecular weight excluding hydrogens is 302 g/mol. The minimum atomic E-state index is 0.426. The Labute approximate surface area is 113 Å². The van der Waals surface area contributed by atoms with Crippen LogP contribution in [0.3, 0.4) is 0 Å². The fourth-order valence-electron chi connectivity index (χ4n) is 1.75. The summed E-state index contributed by atoms with van der Waals surface area (Å²) in [7, 11) is 0. The molecule has 2 rings (SSSR count). The lowest BCUT2D eigenvalue weighted by Crippen LogP contribution is -2.20. The summed E-state index contributed by atoms with van der Waals surface area (Å²) in [5, 5.41) is 3.35. The van der Waals surface area contributed by atoms with Crippen LogP contribution in [0.4, 0.5) is 11.8 Å². The van der Waals surface area contributed by atoms with Gasteiger partial charge >= 0.3 is 0 Å². The molecule has 4 N–H and O–H groups in total. The number of nitrogen functional groups attached to an aromatic ring is 1. The van der Waals surface area contributed by atoms with Gasteiger partial charge in [-0.15, -0.1) is 0 Å². The zero-order valence-corrected chi connectivity index (χ0v) is 11.9. The lowest BCUT2D eigenvalue weighted by molar-refractivity contribution is 0.515. The zero-order valence-electron chi connectivity index (χ0n) is 9.45. The molecule has 2 heterocycles. The molecule has 0 amide bonds. The molecule has 1 fully saturated rings. The molecule has 0 unspecified atom stereocenters. The minimum Gasteiger partial charge on any atom is -0.369 e. The summed E-state index contributed by atoms with van der Waals surface area (Å²) in [6.45, 7) is 0.959. The van der Waals surface area contributed by atoms with Crippen molar-refractivity contribution in [1.82, 2.24) is 9.97 Å². The lowest BCUT2D eigenvalue weighted by atomic mass is 10.0. The Bertz CT molecular complexity index is 370. The van der Waals surface area contributed by atoms with Crippen molar-refractivity contribution < 1.29 is 0 Å². The molecule has 0 spiro atoms. The van der Waals surface area contributed by atoms with E-state index in [1.54, 1.807) is 6.20 Å². The minimum absolute atomic E-state index is 0.426. The van der Waals surface area contributed by atoms with Crippen molar-refractivity contribution in [3.63, 3.8) is 0 Å². The molecule has 0 aromatic carbocycles. The van der Waals surface area contributed by atoms with Gasteiger partial charge in [0, 0.05) is 12.7 Å². The molecule has 5 nitrogen and oxygen atoms in total. The molecular formula is C10H16BrN5S. The standard InChI is InChI=1S/C10H16BrN5S/c11-8-6-14-10(16-12)15-9(8)13-5-7-1-3-17-4-2-7/h6-7H,1-5,12H2,(H2,13,14,15,16). The largest absolute Gasteiger partial charge is 0.369 e. The fraction of sp³-hybridized carbons (Fsp3) is 0.600. The van der Waals surface area contributed by atoms with Gasteiger partial charge in [-0.05, 0) is 46.2 Å². The van der Waals surface area contributed by atoms with Crippen LogP contribution in [0.2, 0.25) is 0 Å². The number of hydrogen-bond acceptors (Lipinski definition) is 6. The summed E-state index contributed by atoms with van der Waals surface area (Å²) in [5.41, 5.74) is 2.45. The number of rotatable bonds is 4. The predicted molar refractivity (Wildman–Crippen MR) is 76.1 cm³/mol. The van der Waals surface area contributed by atoms with Crippen LogP contribution >= 0.6 is 27.7 Å². The van der Waals surface area contributed by atoms with Gasteiger partial charge in [0.2, 0.25) is 5.95 Å². The van der Waals surface area contributed by atoms with Crippen LogP contribution in [0.5, 0.6) is 0 Å². The molecule has 1 aliphatic rings. The van der Waals surface area contributed by atoms with Gasteiger partial charge in [-0.2, -0.15) is 16.7 Å². The summed E-state index contributed by atoms with van der Waals surface area (Å²) in [5.74, 6) is 9.79. The number of nitrogens with two attached hydrogens (primary N) is 1. The van der Waals surface area contributed by atoms with E-state index >= 15 is 0 Å². The molecule has 0 aliphatic carbocycles. The first-order chi connectivity index (χ1) is 8.29. The van der Waals surface area contributed by atoms with E-state index in [0.29, 0.717) is 5.95 Å². The van der Waals surface area contributed by atoms with Gasteiger partial charge in [-0.3, -0.25) is 5.43 Å². The molecule has 1 aliphatic heterocycles. The van der Waals surface area contributed by atoms with Gasteiger partial charge in [0.25, 0.3) is 0 Å². The van der Waals surface area contributed by atoms with Crippen molar-refractivity contribution in [3.8, 4) is 0 Å². The first-order valence-electron chi connectivity index (χ1n) is 5.60. The fourth-order valence-corrected chi connectivity index (χ4v) is 3.29. The third kappa shape index (κ3) is 3.72. The Morgan fingerprint density at radius 2 is 2.24 bits per heavy atom. The number of thioether (sulfide) groups is 1. The number of hydrazine groups is 1. The highest BCUT2D eigenvalue weighted by Gasteiger charge is 2.14. The maximum Gasteiger partial charge on any atom is 0.239 e. The average Bonchev–Trinajstić information content (AvgIpc) is 2.39. The highest BCUT2D eigenvalue weighted by Crippen LogP contribution is 2.25. The van der Waals surface area contributed by atoms with E-state index < -0.39 is 0 Å². The van der Waals surface area contributed by atoms with E-state index in [4.69, 9.17) is 5.84 Å². The molecule has 0 radical (unpaired) electrons. The third-order valence-electron chi connectivity index (χ3n) is 2.77. The van der Waals surface area contributed by atoms with E-state index in [1.165, 1.54) is 24.3 Å². The monoisotopic (exact) mass is 317 g/mol. The van der Waals surface area contributed by atoms with Crippen molar-refractivity contribution in [1.29, 1.82) is 0 Å². The number of nitrogens with one attached hydrogen (secondary N) is 2. The van der Waals surface area contributed by atoms with Gasteiger partial charge in [0.05, 0.1) is 4.47 Å². The molecule has 1 aromatic heterocycles. The first kappa shape index (κ1) is 12.9. The average molecular weight is 318 g/mol. The molecule has 17 heavy (non-hydrogen) atoms. The van der Waals surface area contributed by atoms with Crippen molar-refractivity contribution in [2.45, 2.75) is 12.8 Å². The van der Waals surface area contributed by atoms with Crippen molar-refractivity contribution in [2.75, 3.05) is 28.8 Å². The van der Waals surface area contributed by atoms with Crippen LogP contribution in [-0.2, 0) is 0 Å². The molecule has 0 bridgehead atoms. The van der Waals surface area contributed by atoms with Gasteiger partial charge in [0.15, 0.2) is 0 Å². The van der Waals surface area contributed by atoms with Crippen LogP contribution in [0.15, 0.2) is 10.7 Å². The second-order valence-corrected chi connectivity index (χ2v) is 6.05. The first-order valence-corrected chi connectivity index (χ1v) is 7.55. The normalized spacial score (nSPS) is 16.8. The summed E-state index contributed by atoms with van der Waals surface area (Å²) >= 11 is 5.46. The maximum absolute atomic E-state index is 5.29. The molecule has 0 atom stereocenters. The van der Waals surface area contributed by atoms with E-state index in [0.717, 1.165) is 22.8 Å². The molecule has 1 saturated heterocycles. The van der Waals surface area contributed by atoms with Crippen LogP contribution in [0.25, 0.3) is 0 Å². The maximum atomic E-state index is 5.29. The molecule has 0 saturated carbocycles. The van der Waals surface area contributed by atoms with E-state index in [1.807, 2.05) is 11.8 Å². The number of anilines is 2. The Morgan fingerprint density at radius 3 is 2.94 bits per heavy atom. The lowest BCUT2D eigenvalue weighted by Gasteiger charge is -2.22. The van der Waals surface area contributed by atoms with Crippen LogP contribution in [0.1, 0.15) is 12.8 Å². The summed E-state index contributed by atoms with van der Waals surface area (Å²) in [4.78, 5) is 8.28. The number of halogens is 1. The Kier molecular flexibility index (Phi) is 4.87. The van der Waals surface area contributed by atoms with Gasteiger partial charge in [-0.1, -0.05) is 0 Å². The van der Waals surface area contributed by atoms with Gasteiger partial charge < -0.3 is 5.32 Å². The predicted octanol–water partition coefficient (Wildman–Crippen LogP) is 2.08. The number of nitrogens with zero attached hydrogens (tertiary/aromatic N) is 2. The second kappa shape index (κ2) is 6.42. The van der Waals surface area contributed by atoms with Crippen molar-refractivity contribution in [2.24, 2.45) is 11.8 Å². The SMILES string of the molecule is NNc1ncc(Br)c(NCC2CCSCC2)n1. The highest BCUT2D eigenvalue weighted by atomic mass is 79.9. The smallest absolute Gasteiger partial charge is 0.239 e. The summed E-state index contributed by atoms with van der Waals surface area (Å²) in [6, 6.07) is 0. The Morgan fingerprint density at radius 1 is 1.47 bits per heavy atom. The highest BCUT2D eigenvalue weighted by molar-refractivity contribution is 9.10. The Hall–Kier alpha value is -0.530. The van der Waals surface area contributed by atoms with Crippen LogP contribution in [0, 0.1) is 5.92 Å². The molecule has 94 valence electrons. The van der Waals surface area contributed by atoms with Crippen LogP contribution in [-0.4, -0.2) is 28.0 Å². The van der Waals surface area contributed by atoms with E-state index in [-0.39, 0.29) is 0 Å². The number of hydrogen-bond donors (Lipinski definition) is 3. The zero-order chi connectivity index (χ0) is 12.1. The van der Waals surface area contributed by atoms with Crippen molar-refractivity contribution in [3.05, 3.63) is 10.7 Å². The molecule has 1 aromatic rings. The summed E-state index contributed by atoms with van der Waals surface area (Å²) < 4.78 is 0.863.